The molecule has 254 valence electrons. The maximum Gasteiger partial charge on any atom is 0.478 e. The number of thiophene rings is 2. The SMILES string of the molecule is C.CC(=O)C[C@@H]1CC[C@H](NC(=O)/C(=N/O)c2cccs2)B(O)O1.O=CO/C=C(/C(=O)N[C@H]1CC[C@@H](CC(=O)O)OB1O)c1cccs1. The third-order valence-corrected chi connectivity index (χ3v) is 8.62. The molecule has 2 aliphatic rings. The Kier molecular flexibility index (Phi) is 16.5. The summed E-state index contributed by atoms with van der Waals surface area (Å²) in [5, 5.41) is 49.4. The van der Waals surface area contributed by atoms with E-state index >= 15 is 0 Å². The molecule has 0 radical (unpaired) electrons. The summed E-state index contributed by atoms with van der Waals surface area (Å²) >= 11 is 2.57. The highest BCUT2D eigenvalue weighted by molar-refractivity contribution is 7.13. The number of ether oxygens (including phenoxy) is 1. The van der Waals surface area contributed by atoms with Crippen molar-refractivity contribution in [3.63, 3.8) is 0 Å². The highest BCUT2D eigenvalue weighted by Crippen LogP contribution is 2.23. The van der Waals surface area contributed by atoms with Crippen LogP contribution < -0.4 is 10.6 Å². The van der Waals surface area contributed by atoms with Gasteiger partial charge in [-0.15, -0.1) is 22.7 Å². The van der Waals surface area contributed by atoms with Crippen molar-refractivity contribution in [2.75, 3.05) is 0 Å². The van der Waals surface area contributed by atoms with Gasteiger partial charge in [-0.25, -0.2) is 0 Å². The van der Waals surface area contributed by atoms with Crippen molar-refractivity contribution in [1.82, 2.24) is 10.6 Å². The Balaban J connectivity index is 0.000000321. The van der Waals surface area contributed by atoms with Crippen LogP contribution in [0.5, 0.6) is 0 Å². The van der Waals surface area contributed by atoms with Gasteiger partial charge in [0.25, 0.3) is 18.3 Å². The predicted molar refractivity (Wildman–Crippen MR) is 174 cm³/mol. The first-order valence-electron chi connectivity index (χ1n) is 14.1. The molecule has 4 rings (SSSR count). The summed E-state index contributed by atoms with van der Waals surface area (Å²) in [5.74, 6) is -3.41. The lowest BCUT2D eigenvalue weighted by Crippen LogP contribution is -2.54. The van der Waals surface area contributed by atoms with Gasteiger partial charge < -0.3 is 45.0 Å². The Labute approximate surface area is 279 Å². The van der Waals surface area contributed by atoms with E-state index in [1.807, 2.05) is 0 Å². The fraction of sp³-hybridized carbons (Fsp3) is 0.429. The number of nitrogens with zero attached hydrogens (tertiary/aromatic N) is 1. The number of Topliss-reactive ketones (excluding diaryl/α,β-unsaturated/α-hetero) is 1. The highest BCUT2D eigenvalue weighted by atomic mass is 32.1. The van der Waals surface area contributed by atoms with Crippen LogP contribution in [0, 0.1) is 0 Å². The van der Waals surface area contributed by atoms with E-state index in [4.69, 9.17) is 19.6 Å². The largest absolute Gasteiger partial charge is 0.481 e. The summed E-state index contributed by atoms with van der Waals surface area (Å²) in [4.78, 5) is 57.8. The maximum absolute atomic E-state index is 12.4. The Bertz CT molecular complexity index is 1390. The van der Waals surface area contributed by atoms with Gasteiger partial charge in [0.1, 0.15) is 12.0 Å². The molecule has 2 aromatic heterocycles. The van der Waals surface area contributed by atoms with Crippen molar-refractivity contribution in [1.29, 1.82) is 0 Å². The molecule has 19 heteroatoms. The monoisotopic (exact) mass is 693 g/mol. The third-order valence-electron chi connectivity index (χ3n) is 6.84. The molecule has 0 aliphatic carbocycles. The topological polar surface area (TPSA) is 230 Å². The van der Waals surface area contributed by atoms with Crippen molar-refractivity contribution >= 4 is 78.2 Å². The zero-order chi connectivity index (χ0) is 33.6. The minimum absolute atomic E-state index is 0. The first-order valence-corrected chi connectivity index (χ1v) is 15.9. The number of aliphatic carboxylic acids is 1. The van der Waals surface area contributed by atoms with E-state index in [2.05, 4.69) is 20.5 Å². The Morgan fingerprint density at radius 3 is 1.91 bits per heavy atom. The zero-order valence-corrected chi connectivity index (χ0v) is 26.3. The molecular weight excluding hydrogens is 656 g/mol. The summed E-state index contributed by atoms with van der Waals surface area (Å²) in [5.41, 5.74) is 0.0463. The molecule has 2 saturated heterocycles. The second-order valence-corrected chi connectivity index (χ2v) is 12.2. The van der Waals surface area contributed by atoms with E-state index in [1.54, 1.807) is 35.0 Å². The molecule has 2 aromatic rings. The van der Waals surface area contributed by atoms with E-state index in [0.717, 1.165) is 6.26 Å². The second kappa shape index (κ2) is 19.7. The first kappa shape index (κ1) is 39.3. The molecule has 4 atom stereocenters. The molecule has 2 amide bonds. The van der Waals surface area contributed by atoms with Crippen LogP contribution in [0.1, 0.15) is 62.6 Å². The molecule has 0 aromatic carbocycles. The molecule has 0 saturated carbocycles. The first-order chi connectivity index (χ1) is 22.0. The number of hydrogen-bond acceptors (Lipinski definition) is 14. The Morgan fingerprint density at radius 1 is 0.936 bits per heavy atom. The van der Waals surface area contributed by atoms with Crippen LogP contribution in [0.25, 0.3) is 5.57 Å². The van der Waals surface area contributed by atoms with Gasteiger partial charge in [-0.05, 0) is 55.5 Å². The number of ketones is 1. The van der Waals surface area contributed by atoms with Gasteiger partial charge in [0.15, 0.2) is 5.71 Å². The number of hydrogen-bond donors (Lipinski definition) is 6. The standard InChI is InChI=1S/C14H16BNO7S.C13H17BN2O5S.CH4/c17-8-22-7-10(11-2-1-5-24-11)14(20)16-12-4-3-9(6-13(18)19)23-15(12)21;1-8(17)7-9-4-5-11(14(19)21-9)15-13(18)12(16-20)10-3-2-6-22-10;/h1-2,5,7-9,12,21H,3-4,6H2,(H,16,20)(H,18,19);2-3,6,9,11,19-20H,4-5,7H2,1H3,(H,15,18);1H4/b10-7+;16-12+;/t9-,12-;9-,11-;/m00./s1. The van der Waals surface area contributed by atoms with Crippen molar-refractivity contribution in [3.05, 3.63) is 51.0 Å². The minimum atomic E-state index is -1.30. The maximum atomic E-state index is 12.4. The number of amides is 2. The van der Waals surface area contributed by atoms with E-state index < -0.39 is 50.0 Å². The van der Waals surface area contributed by atoms with Crippen LogP contribution in [0.15, 0.2) is 46.4 Å². The molecule has 2 aliphatic heterocycles. The van der Waals surface area contributed by atoms with Crippen LogP contribution in [-0.4, -0.2) is 94.4 Å². The zero-order valence-electron chi connectivity index (χ0n) is 24.6. The average Bonchev–Trinajstić information content (AvgIpc) is 3.72. The van der Waals surface area contributed by atoms with Gasteiger partial charge in [-0.2, -0.15) is 0 Å². The van der Waals surface area contributed by atoms with Crippen LogP contribution in [0.3, 0.4) is 0 Å². The fourth-order valence-electron chi connectivity index (χ4n) is 4.69. The quantitative estimate of drug-likeness (QED) is 0.0355. The van der Waals surface area contributed by atoms with Gasteiger partial charge in [0.05, 0.1) is 34.9 Å². The molecule has 4 heterocycles. The number of oxime groups is 1. The molecular formula is C28H37B2N3O12S2. The summed E-state index contributed by atoms with van der Waals surface area (Å²) < 4.78 is 15.1. The second-order valence-electron chi connectivity index (χ2n) is 10.3. The lowest BCUT2D eigenvalue weighted by molar-refractivity contribution is -0.139. The van der Waals surface area contributed by atoms with Crippen LogP contribution in [0.2, 0.25) is 0 Å². The Morgan fingerprint density at radius 2 is 1.47 bits per heavy atom. The minimum Gasteiger partial charge on any atom is -0.481 e. The average molecular weight is 693 g/mol. The molecule has 2 fully saturated rings. The van der Waals surface area contributed by atoms with Gasteiger partial charge in [0, 0.05) is 17.4 Å². The van der Waals surface area contributed by atoms with Gasteiger partial charge in [-0.1, -0.05) is 24.7 Å². The van der Waals surface area contributed by atoms with Crippen LogP contribution >= 0.6 is 22.7 Å². The number of carboxylic acid groups (broad SMARTS) is 1. The number of nitrogens with one attached hydrogen (secondary N) is 2. The van der Waals surface area contributed by atoms with E-state index in [9.17, 15) is 34.0 Å². The van der Waals surface area contributed by atoms with Gasteiger partial charge >= 0.3 is 20.2 Å². The van der Waals surface area contributed by atoms with Gasteiger partial charge in [-0.3, -0.25) is 24.0 Å². The Hall–Kier alpha value is -3.87. The van der Waals surface area contributed by atoms with Crippen molar-refractivity contribution in [3.8, 4) is 0 Å². The lowest BCUT2D eigenvalue weighted by atomic mass is 9.72. The van der Waals surface area contributed by atoms with E-state index in [-0.39, 0.29) is 49.9 Å². The van der Waals surface area contributed by atoms with Crippen molar-refractivity contribution in [2.45, 2.75) is 77.0 Å². The van der Waals surface area contributed by atoms with Gasteiger partial charge in [0.2, 0.25) is 0 Å². The molecule has 0 unspecified atom stereocenters. The molecule has 15 nitrogen and oxygen atoms in total. The lowest BCUT2D eigenvalue weighted by Gasteiger charge is -2.31. The number of rotatable bonds is 12. The highest BCUT2D eigenvalue weighted by Gasteiger charge is 2.38. The number of carbonyl (C=O) groups is 5. The number of carbonyl (C=O) groups excluding carboxylic acids is 4. The summed E-state index contributed by atoms with van der Waals surface area (Å²) in [6.45, 7) is 1.67. The molecule has 47 heavy (non-hydrogen) atoms. The van der Waals surface area contributed by atoms with Crippen LogP contribution in [-0.2, 0) is 38.0 Å². The van der Waals surface area contributed by atoms with Crippen molar-refractivity contribution < 1.29 is 58.4 Å². The van der Waals surface area contributed by atoms with Crippen LogP contribution in [0.4, 0.5) is 0 Å². The molecule has 0 bridgehead atoms. The number of carboxylic acids is 1. The third kappa shape index (κ3) is 12.3. The fourth-order valence-corrected chi connectivity index (χ4v) is 6.13. The molecule has 6 N–H and O–H groups in total. The summed E-state index contributed by atoms with van der Waals surface area (Å²) in [7, 11) is -2.49. The van der Waals surface area contributed by atoms with Crippen molar-refractivity contribution in [2.24, 2.45) is 5.16 Å². The predicted octanol–water partition coefficient (Wildman–Crippen LogP) is 1.65. The summed E-state index contributed by atoms with van der Waals surface area (Å²) in [6.07, 6.45) is 1.98. The normalized spacial score (nSPS) is 21.3. The van der Waals surface area contributed by atoms with E-state index in [0.29, 0.717) is 35.4 Å². The smallest absolute Gasteiger partial charge is 0.478 e. The summed E-state index contributed by atoms with van der Waals surface area (Å²) in [6, 6.07) is 6.84. The van der Waals surface area contributed by atoms with E-state index in [1.165, 1.54) is 29.6 Å². The molecule has 0 spiro atoms.